The van der Waals surface area contributed by atoms with E-state index in [0.29, 0.717) is 6.54 Å². The van der Waals surface area contributed by atoms with E-state index in [1.807, 2.05) is 6.92 Å². The van der Waals surface area contributed by atoms with Crippen LogP contribution in [-0.2, 0) is 9.59 Å². The SMILES string of the molecule is Cc1csc(N2CCN(CC(=O)NC(C)C(=O)N(C)C)CC2)n1. The number of thiazole rings is 1. The van der Waals surface area contributed by atoms with Gasteiger partial charge in [-0.2, -0.15) is 0 Å². The van der Waals surface area contributed by atoms with Crippen LogP contribution >= 0.6 is 11.3 Å². The van der Waals surface area contributed by atoms with Gasteiger partial charge in [-0.05, 0) is 13.8 Å². The van der Waals surface area contributed by atoms with E-state index < -0.39 is 6.04 Å². The summed E-state index contributed by atoms with van der Waals surface area (Å²) in [6.45, 7) is 7.42. The minimum absolute atomic E-state index is 0.0951. The van der Waals surface area contributed by atoms with E-state index >= 15 is 0 Å². The van der Waals surface area contributed by atoms with E-state index in [9.17, 15) is 9.59 Å². The number of carbonyl (C=O) groups is 2. The summed E-state index contributed by atoms with van der Waals surface area (Å²) in [5, 5.41) is 5.87. The molecule has 1 unspecified atom stereocenters. The fourth-order valence-electron chi connectivity index (χ4n) is 2.52. The molecule has 1 aliphatic rings. The Kier molecular flexibility index (Phi) is 5.95. The van der Waals surface area contributed by atoms with Gasteiger partial charge in [0.2, 0.25) is 11.8 Å². The second-order valence-electron chi connectivity index (χ2n) is 6.06. The first-order valence-corrected chi connectivity index (χ1v) is 8.64. The fraction of sp³-hybridized carbons (Fsp3) is 0.667. The van der Waals surface area contributed by atoms with Crippen LogP contribution in [0.5, 0.6) is 0 Å². The Balaban J connectivity index is 1.75. The van der Waals surface area contributed by atoms with E-state index in [0.717, 1.165) is 37.0 Å². The van der Waals surface area contributed by atoms with E-state index in [1.165, 1.54) is 4.90 Å². The average molecular weight is 339 g/mol. The highest BCUT2D eigenvalue weighted by atomic mass is 32.1. The summed E-state index contributed by atoms with van der Waals surface area (Å²) < 4.78 is 0. The molecule has 1 aromatic heterocycles. The van der Waals surface area contributed by atoms with Crippen molar-refractivity contribution in [2.75, 3.05) is 51.7 Å². The maximum Gasteiger partial charge on any atom is 0.244 e. The molecule has 2 amide bonds. The zero-order valence-electron chi connectivity index (χ0n) is 14.2. The molecule has 1 aliphatic heterocycles. The van der Waals surface area contributed by atoms with Crippen molar-refractivity contribution >= 4 is 28.3 Å². The van der Waals surface area contributed by atoms with Crippen LogP contribution < -0.4 is 10.2 Å². The largest absolute Gasteiger partial charge is 0.347 e. The van der Waals surface area contributed by atoms with Crippen LogP contribution in [-0.4, -0.2) is 79.5 Å². The predicted molar refractivity (Wildman–Crippen MR) is 91.8 cm³/mol. The average Bonchev–Trinajstić information content (AvgIpc) is 2.93. The van der Waals surface area contributed by atoms with Crippen LogP contribution in [0, 0.1) is 6.92 Å². The van der Waals surface area contributed by atoms with E-state index in [-0.39, 0.29) is 11.8 Å². The van der Waals surface area contributed by atoms with Gasteiger partial charge in [-0.25, -0.2) is 4.98 Å². The number of anilines is 1. The molecule has 1 fully saturated rings. The fourth-order valence-corrected chi connectivity index (χ4v) is 3.38. The first kappa shape index (κ1) is 17.7. The first-order chi connectivity index (χ1) is 10.9. The summed E-state index contributed by atoms with van der Waals surface area (Å²) in [6, 6.07) is -0.489. The third kappa shape index (κ3) is 4.90. The second kappa shape index (κ2) is 7.74. The third-order valence-corrected chi connectivity index (χ3v) is 4.82. The molecule has 23 heavy (non-hydrogen) atoms. The number of hydrogen-bond donors (Lipinski definition) is 1. The predicted octanol–water partition coefficient (Wildman–Crippen LogP) is 0.166. The molecule has 2 rings (SSSR count). The Hall–Kier alpha value is -1.67. The van der Waals surface area contributed by atoms with Gasteiger partial charge in [0.25, 0.3) is 0 Å². The molecule has 8 heteroatoms. The quantitative estimate of drug-likeness (QED) is 0.828. The molecule has 2 heterocycles. The van der Waals surface area contributed by atoms with Crippen molar-refractivity contribution in [3.63, 3.8) is 0 Å². The number of rotatable bonds is 5. The molecule has 1 N–H and O–H groups in total. The Labute approximate surface area is 141 Å². The number of aryl methyl sites for hydroxylation is 1. The molecular weight excluding hydrogens is 314 g/mol. The maximum atomic E-state index is 12.1. The topological polar surface area (TPSA) is 68.8 Å². The molecule has 128 valence electrons. The third-order valence-electron chi connectivity index (χ3n) is 3.81. The van der Waals surface area contributed by atoms with Gasteiger partial charge in [0, 0.05) is 45.7 Å². The van der Waals surface area contributed by atoms with E-state index in [1.54, 1.807) is 32.4 Å². The molecular formula is C15H25N5O2S. The van der Waals surface area contributed by atoms with Crippen molar-refractivity contribution in [1.29, 1.82) is 0 Å². The molecule has 0 aromatic carbocycles. The van der Waals surface area contributed by atoms with Gasteiger partial charge < -0.3 is 15.1 Å². The monoisotopic (exact) mass is 339 g/mol. The summed E-state index contributed by atoms with van der Waals surface area (Å²) in [6.07, 6.45) is 0. The molecule has 0 aliphatic carbocycles. The molecule has 1 atom stereocenters. The zero-order valence-corrected chi connectivity index (χ0v) is 15.0. The number of piperazine rings is 1. The number of amides is 2. The van der Waals surface area contributed by atoms with Gasteiger partial charge in [-0.15, -0.1) is 11.3 Å². The van der Waals surface area contributed by atoms with E-state index in [4.69, 9.17) is 0 Å². The summed E-state index contributed by atoms with van der Waals surface area (Å²) in [5.74, 6) is -0.200. The second-order valence-corrected chi connectivity index (χ2v) is 6.89. The molecule has 0 bridgehead atoms. The number of likely N-dealkylation sites (N-methyl/N-ethyl adjacent to an activating group) is 1. The highest BCUT2D eigenvalue weighted by Gasteiger charge is 2.22. The Morgan fingerprint density at radius 2 is 2.00 bits per heavy atom. The molecule has 7 nitrogen and oxygen atoms in total. The van der Waals surface area contributed by atoms with Crippen LogP contribution in [0.15, 0.2) is 5.38 Å². The van der Waals surface area contributed by atoms with Crippen molar-refractivity contribution < 1.29 is 9.59 Å². The molecule has 0 radical (unpaired) electrons. The standard InChI is InChI=1S/C15H25N5O2S/c1-11-10-23-15(16-11)20-7-5-19(6-8-20)9-13(21)17-12(2)14(22)18(3)4/h10,12H,5-9H2,1-4H3,(H,17,21). The lowest BCUT2D eigenvalue weighted by Crippen LogP contribution is -2.52. The van der Waals surface area contributed by atoms with Gasteiger partial charge in [0.05, 0.1) is 12.2 Å². The molecule has 0 saturated carbocycles. The van der Waals surface area contributed by atoms with Crippen molar-refractivity contribution in [2.45, 2.75) is 19.9 Å². The Bertz CT molecular complexity index is 552. The van der Waals surface area contributed by atoms with Gasteiger partial charge in [0.15, 0.2) is 5.13 Å². The first-order valence-electron chi connectivity index (χ1n) is 7.76. The van der Waals surface area contributed by atoms with Crippen LogP contribution in [0.4, 0.5) is 5.13 Å². The van der Waals surface area contributed by atoms with E-state index in [2.05, 4.69) is 25.5 Å². The van der Waals surface area contributed by atoms with Gasteiger partial charge in [-0.1, -0.05) is 0 Å². The minimum Gasteiger partial charge on any atom is -0.347 e. The normalized spacial score (nSPS) is 17.0. The van der Waals surface area contributed by atoms with Gasteiger partial charge >= 0.3 is 0 Å². The Morgan fingerprint density at radius 3 is 2.52 bits per heavy atom. The maximum absolute atomic E-state index is 12.1. The minimum atomic E-state index is -0.489. The van der Waals surface area contributed by atoms with Crippen LogP contribution in [0.3, 0.4) is 0 Å². The van der Waals surface area contributed by atoms with Crippen molar-refractivity contribution in [2.24, 2.45) is 0 Å². The van der Waals surface area contributed by atoms with Crippen LogP contribution in [0.1, 0.15) is 12.6 Å². The number of nitrogens with one attached hydrogen (secondary N) is 1. The van der Waals surface area contributed by atoms with Crippen molar-refractivity contribution in [3.05, 3.63) is 11.1 Å². The number of aromatic nitrogens is 1. The van der Waals surface area contributed by atoms with Crippen molar-refractivity contribution in [1.82, 2.24) is 20.1 Å². The van der Waals surface area contributed by atoms with Crippen LogP contribution in [0.2, 0.25) is 0 Å². The number of carbonyl (C=O) groups excluding carboxylic acids is 2. The molecule has 1 aromatic rings. The van der Waals surface area contributed by atoms with Crippen molar-refractivity contribution in [3.8, 4) is 0 Å². The summed E-state index contributed by atoms with van der Waals surface area (Å²) >= 11 is 1.66. The molecule has 1 saturated heterocycles. The smallest absolute Gasteiger partial charge is 0.244 e. The lowest BCUT2D eigenvalue weighted by Gasteiger charge is -2.34. The van der Waals surface area contributed by atoms with Crippen LogP contribution in [0.25, 0.3) is 0 Å². The lowest BCUT2D eigenvalue weighted by atomic mass is 10.3. The lowest BCUT2D eigenvalue weighted by molar-refractivity contribution is -0.134. The number of hydrogen-bond acceptors (Lipinski definition) is 6. The molecule has 0 spiro atoms. The van der Waals surface area contributed by atoms with Gasteiger partial charge in [-0.3, -0.25) is 14.5 Å². The number of nitrogens with zero attached hydrogens (tertiary/aromatic N) is 4. The summed E-state index contributed by atoms with van der Waals surface area (Å²) in [5.41, 5.74) is 1.05. The summed E-state index contributed by atoms with van der Waals surface area (Å²) in [7, 11) is 3.37. The van der Waals surface area contributed by atoms with Gasteiger partial charge in [0.1, 0.15) is 6.04 Å². The summed E-state index contributed by atoms with van der Waals surface area (Å²) in [4.78, 5) is 34.2. The zero-order chi connectivity index (χ0) is 17.0. The Morgan fingerprint density at radius 1 is 1.35 bits per heavy atom. The highest BCUT2D eigenvalue weighted by Crippen LogP contribution is 2.21. The highest BCUT2D eigenvalue weighted by molar-refractivity contribution is 7.13.